The molecular weight excluding hydrogens is 268 g/mol. The lowest BCUT2D eigenvalue weighted by Crippen LogP contribution is -2.53. The Balaban J connectivity index is 2.12. The molecule has 1 aliphatic rings. The lowest BCUT2D eigenvalue weighted by molar-refractivity contribution is 0.114. The maximum absolute atomic E-state index is 9.51. The molecule has 0 unspecified atom stereocenters. The fraction of sp³-hybridized carbons (Fsp3) is 0.786. The van der Waals surface area contributed by atoms with Crippen molar-refractivity contribution in [3.8, 4) is 0 Å². The average molecular weight is 294 g/mol. The lowest BCUT2D eigenvalue weighted by atomic mass is 10.2. The molecule has 1 aliphatic heterocycles. The van der Waals surface area contributed by atoms with E-state index in [9.17, 15) is 5.11 Å². The van der Waals surface area contributed by atoms with Gasteiger partial charge in [0.15, 0.2) is 0 Å². The minimum atomic E-state index is -0.288. The van der Waals surface area contributed by atoms with Gasteiger partial charge in [-0.2, -0.15) is 15.0 Å². The van der Waals surface area contributed by atoms with Crippen molar-refractivity contribution >= 4 is 11.9 Å². The smallest absolute Gasteiger partial charge is 0.230 e. The molecule has 0 bridgehead atoms. The molecule has 0 saturated carbocycles. The van der Waals surface area contributed by atoms with Gasteiger partial charge in [-0.3, -0.25) is 4.90 Å². The van der Waals surface area contributed by atoms with E-state index in [1.54, 1.807) is 0 Å². The molecule has 0 aromatic carbocycles. The minimum Gasteiger partial charge on any atom is -0.392 e. The number of aromatic nitrogens is 3. The zero-order chi connectivity index (χ0) is 15.6. The molecule has 1 aromatic heterocycles. The van der Waals surface area contributed by atoms with Gasteiger partial charge in [0.25, 0.3) is 0 Å². The van der Waals surface area contributed by atoms with Crippen molar-refractivity contribution in [1.82, 2.24) is 19.9 Å². The molecule has 0 radical (unpaired) electrons. The summed E-state index contributed by atoms with van der Waals surface area (Å²) < 4.78 is 0. The van der Waals surface area contributed by atoms with Crippen LogP contribution in [0, 0.1) is 6.92 Å². The molecule has 7 nitrogen and oxygen atoms in total. The Hall–Kier alpha value is -1.47. The summed E-state index contributed by atoms with van der Waals surface area (Å²) in [6.45, 7) is 9.30. The van der Waals surface area contributed by atoms with Crippen molar-refractivity contribution < 1.29 is 5.11 Å². The Morgan fingerprint density at radius 3 is 2.57 bits per heavy atom. The van der Waals surface area contributed by atoms with Crippen LogP contribution in [0.4, 0.5) is 11.9 Å². The van der Waals surface area contributed by atoms with Crippen LogP contribution in [0.5, 0.6) is 0 Å². The number of β-amino-alcohol motifs (C(OH)–C–C–N with tert-alkyl or cyclic N) is 1. The third kappa shape index (κ3) is 4.01. The Morgan fingerprint density at radius 1 is 1.29 bits per heavy atom. The number of nitrogens with zero attached hydrogens (tertiary/aromatic N) is 6. The summed E-state index contributed by atoms with van der Waals surface area (Å²) in [6, 6.07) is 0.314. The number of aliphatic hydroxyl groups excluding tert-OH is 1. The van der Waals surface area contributed by atoms with Gasteiger partial charge in [-0.25, -0.2) is 0 Å². The average Bonchev–Trinajstić information content (AvgIpc) is 2.37. The molecular formula is C14H26N6O. The summed E-state index contributed by atoms with van der Waals surface area (Å²) in [6.07, 6.45) is -0.288. The molecule has 118 valence electrons. The zero-order valence-electron chi connectivity index (χ0n) is 13.6. The maximum atomic E-state index is 9.51. The second-order valence-electron chi connectivity index (χ2n) is 6.03. The van der Waals surface area contributed by atoms with Crippen molar-refractivity contribution in [2.75, 3.05) is 50.1 Å². The summed E-state index contributed by atoms with van der Waals surface area (Å²) in [5.41, 5.74) is 0. The summed E-state index contributed by atoms with van der Waals surface area (Å²) >= 11 is 0. The van der Waals surface area contributed by atoms with Crippen LogP contribution >= 0.6 is 0 Å². The largest absolute Gasteiger partial charge is 0.392 e. The van der Waals surface area contributed by atoms with Crippen LogP contribution in [-0.2, 0) is 0 Å². The minimum absolute atomic E-state index is 0.288. The standard InChI is InChI=1S/C14H26N6O/c1-10-8-19(9-11(2)21)6-7-20(10)14-16-12(3)15-13(17-14)18(4)5/h10-11,21H,6-9H2,1-5H3/t10-,11-/m0/s1. The summed E-state index contributed by atoms with van der Waals surface area (Å²) in [5.74, 6) is 2.17. The topological polar surface area (TPSA) is 68.6 Å². The van der Waals surface area contributed by atoms with Gasteiger partial charge >= 0.3 is 0 Å². The molecule has 21 heavy (non-hydrogen) atoms. The Bertz CT molecular complexity index is 479. The van der Waals surface area contributed by atoms with Gasteiger partial charge in [0.2, 0.25) is 11.9 Å². The second kappa shape index (κ2) is 6.53. The van der Waals surface area contributed by atoms with Crippen LogP contribution in [0.25, 0.3) is 0 Å². The van der Waals surface area contributed by atoms with Crippen LogP contribution < -0.4 is 9.80 Å². The predicted octanol–water partition coefficient (Wildman–Crippen LogP) is 0.137. The van der Waals surface area contributed by atoms with Gasteiger partial charge in [0, 0.05) is 46.3 Å². The predicted molar refractivity (Wildman–Crippen MR) is 83.8 cm³/mol. The number of aliphatic hydroxyl groups is 1. The highest BCUT2D eigenvalue weighted by molar-refractivity contribution is 5.39. The van der Waals surface area contributed by atoms with Crippen LogP contribution in [0.1, 0.15) is 19.7 Å². The number of piperazine rings is 1. The van der Waals surface area contributed by atoms with E-state index in [-0.39, 0.29) is 6.10 Å². The van der Waals surface area contributed by atoms with Gasteiger partial charge in [-0.05, 0) is 20.8 Å². The van der Waals surface area contributed by atoms with E-state index in [0.29, 0.717) is 12.0 Å². The van der Waals surface area contributed by atoms with E-state index in [4.69, 9.17) is 0 Å². The first-order valence-electron chi connectivity index (χ1n) is 7.44. The highest BCUT2D eigenvalue weighted by Gasteiger charge is 2.26. The van der Waals surface area contributed by atoms with Crippen molar-refractivity contribution in [2.45, 2.75) is 32.9 Å². The highest BCUT2D eigenvalue weighted by Crippen LogP contribution is 2.18. The van der Waals surface area contributed by atoms with E-state index in [1.807, 2.05) is 32.8 Å². The van der Waals surface area contributed by atoms with Crippen molar-refractivity contribution in [3.05, 3.63) is 5.82 Å². The molecule has 1 aromatic rings. The molecule has 1 saturated heterocycles. The number of anilines is 2. The SMILES string of the molecule is Cc1nc(N(C)C)nc(N2CCN(C[C@H](C)O)C[C@@H]2C)n1. The molecule has 2 heterocycles. The summed E-state index contributed by atoms with van der Waals surface area (Å²) in [5, 5.41) is 9.51. The normalized spacial score (nSPS) is 21.4. The van der Waals surface area contributed by atoms with Gasteiger partial charge in [-0.15, -0.1) is 0 Å². The first-order valence-corrected chi connectivity index (χ1v) is 7.44. The van der Waals surface area contributed by atoms with Crippen LogP contribution in [-0.4, -0.2) is 77.4 Å². The molecule has 1 N–H and O–H groups in total. The summed E-state index contributed by atoms with van der Waals surface area (Å²) in [4.78, 5) is 19.8. The Kier molecular flexibility index (Phi) is 4.95. The van der Waals surface area contributed by atoms with Gasteiger partial charge in [0.05, 0.1) is 6.10 Å². The van der Waals surface area contributed by atoms with Crippen LogP contribution in [0.3, 0.4) is 0 Å². The van der Waals surface area contributed by atoms with E-state index < -0.39 is 0 Å². The number of rotatable bonds is 4. The monoisotopic (exact) mass is 294 g/mol. The fourth-order valence-corrected chi connectivity index (χ4v) is 2.65. The number of hydrogen-bond acceptors (Lipinski definition) is 7. The molecule has 2 rings (SSSR count). The molecule has 0 spiro atoms. The first-order chi connectivity index (χ1) is 9.86. The van der Waals surface area contributed by atoms with Gasteiger partial charge < -0.3 is 14.9 Å². The van der Waals surface area contributed by atoms with E-state index in [1.165, 1.54) is 0 Å². The van der Waals surface area contributed by atoms with Crippen molar-refractivity contribution in [1.29, 1.82) is 0 Å². The van der Waals surface area contributed by atoms with Gasteiger partial charge in [-0.1, -0.05) is 0 Å². The number of hydrogen-bond donors (Lipinski definition) is 1. The molecule has 1 fully saturated rings. The van der Waals surface area contributed by atoms with E-state index in [2.05, 4.69) is 31.7 Å². The molecule has 0 amide bonds. The molecule has 0 aliphatic carbocycles. The van der Waals surface area contributed by atoms with Crippen LogP contribution in [0.2, 0.25) is 0 Å². The van der Waals surface area contributed by atoms with Gasteiger partial charge in [0.1, 0.15) is 5.82 Å². The van der Waals surface area contributed by atoms with E-state index >= 15 is 0 Å². The Morgan fingerprint density at radius 2 is 2.00 bits per heavy atom. The zero-order valence-corrected chi connectivity index (χ0v) is 13.6. The fourth-order valence-electron chi connectivity index (χ4n) is 2.65. The first kappa shape index (κ1) is 15.9. The molecule has 7 heteroatoms. The molecule has 2 atom stereocenters. The maximum Gasteiger partial charge on any atom is 0.230 e. The Labute approximate surface area is 126 Å². The van der Waals surface area contributed by atoms with E-state index in [0.717, 1.165) is 38.0 Å². The van der Waals surface area contributed by atoms with Crippen LogP contribution in [0.15, 0.2) is 0 Å². The third-order valence-corrected chi connectivity index (χ3v) is 3.61. The van der Waals surface area contributed by atoms with Crippen molar-refractivity contribution in [2.24, 2.45) is 0 Å². The quantitative estimate of drug-likeness (QED) is 0.847. The summed E-state index contributed by atoms with van der Waals surface area (Å²) in [7, 11) is 3.87. The highest BCUT2D eigenvalue weighted by atomic mass is 16.3. The lowest BCUT2D eigenvalue weighted by Gasteiger charge is -2.40. The number of aryl methyl sites for hydroxylation is 1. The second-order valence-corrected chi connectivity index (χ2v) is 6.03. The van der Waals surface area contributed by atoms with Crippen molar-refractivity contribution in [3.63, 3.8) is 0 Å². The third-order valence-electron chi connectivity index (χ3n) is 3.61.